The smallest absolute Gasteiger partial charge is 0.434 e. The van der Waals surface area contributed by atoms with Crippen LogP contribution in [0.25, 0.3) is 0 Å². The molecule has 0 spiro atoms. The van der Waals surface area contributed by atoms with Gasteiger partial charge in [0, 0.05) is 9.99 Å². The molecule has 0 fully saturated rings. The van der Waals surface area contributed by atoms with Gasteiger partial charge in [-0.1, -0.05) is 6.92 Å². The van der Waals surface area contributed by atoms with Crippen molar-refractivity contribution in [1.29, 1.82) is 0 Å². The minimum atomic E-state index is -6.47. The number of benzene rings is 1. The molecule has 0 unspecified atom stereocenters. The molecule has 164 valence electrons. The fraction of sp³-hybridized carbons (Fsp3) is 0.429. The largest absolute Gasteiger partial charge is 0.438 e. The van der Waals surface area contributed by atoms with Gasteiger partial charge < -0.3 is 9.47 Å². The molecule has 0 saturated carbocycles. The first-order chi connectivity index (χ1) is 12.9. The van der Waals surface area contributed by atoms with E-state index in [-0.39, 0.29) is 6.42 Å². The number of alkyl halides is 6. The van der Waals surface area contributed by atoms with E-state index in [0.717, 1.165) is 18.2 Å². The first-order valence-corrected chi connectivity index (χ1v) is 9.94. The van der Waals surface area contributed by atoms with Crippen LogP contribution in [0.15, 0.2) is 18.2 Å². The summed E-state index contributed by atoms with van der Waals surface area (Å²) in [5.41, 5.74) is -6.57. The van der Waals surface area contributed by atoms with Crippen molar-refractivity contribution in [2.45, 2.75) is 31.3 Å². The Bertz CT molecular complexity index is 881. The lowest BCUT2D eigenvalue weighted by Gasteiger charge is -2.35. The summed E-state index contributed by atoms with van der Waals surface area (Å²) < 4.78 is 118. The van der Waals surface area contributed by atoms with Crippen LogP contribution in [-0.2, 0) is 19.6 Å². The lowest BCUT2D eigenvalue weighted by Crippen LogP contribution is -2.63. The SMILES string of the molecule is CCC(=O)Oc1cc(I)ccc1C(=O)OC(CS(=O)(=O)O)(C(F)(F)F)C(F)(F)F. The van der Waals surface area contributed by atoms with Gasteiger partial charge in [-0.2, -0.15) is 34.8 Å². The Morgan fingerprint density at radius 3 is 2.03 bits per heavy atom. The van der Waals surface area contributed by atoms with Crippen LogP contribution in [-0.4, -0.2) is 48.6 Å². The number of esters is 2. The maximum Gasteiger partial charge on any atom is 0.438 e. The Hall–Kier alpha value is -1.62. The molecule has 1 aromatic carbocycles. The number of rotatable bonds is 6. The third-order valence-corrected chi connectivity index (χ3v) is 4.69. The molecular weight excluding hydrogens is 553 g/mol. The van der Waals surface area contributed by atoms with Gasteiger partial charge in [-0.15, -0.1) is 0 Å². The molecule has 0 aliphatic carbocycles. The van der Waals surface area contributed by atoms with E-state index in [0.29, 0.717) is 3.57 Å². The standard InChI is InChI=1S/C14H11F6IO7S/c1-2-10(22)27-9-5-7(21)3-4-8(9)11(23)28-12(13(15,16)17,14(18,19)20)6-29(24,25)26/h3-5H,2,6H2,1H3,(H,24,25,26). The molecule has 29 heavy (non-hydrogen) atoms. The van der Waals surface area contributed by atoms with E-state index in [2.05, 4.69) is 4.74 Å². The van der Waals surface area contributed by atoms with Gasteiger partial charge in [0.25, 0.3) is 10.1 Å². The fourth-order valence-corrected chi connectivity index (χ4v) is 3.25. The van der Waals surface area contributed by atoms with Gasteiger partial charge in [0.1, 0.15) is 17.1 Å². The van der Waals surface area contributed by atoms with E-state index in [1.54, 1.807) is 22.6 Å². The monoisotopic (exact) mass is 564 g/mol. The normalized spacial score (nSPS) is 13.1. The Kier molecular flexibility index (Phi) is 7.56. The maximum atomic E-state index is 13.2. The van der Waals surface area contributed by atoms with Crippen molar-refractivity contribution in [3.05, 3.63) is 27.3 Å². The molecular formula is C14H11F6IO7S. The zero-order chi connectivity index (χ0) is 22.8. The molecule has 0 aromatic heterocycles. The first-order valence-electron chi connectivity index (χ1n) is 7.25. The predicted octanol–water partition coefficient (Wildman–Crippen LogP) is 3.51. The van der Waals surface area contributed by atoms with Crippen LogP contribution in [0.5, 0.6) is 5.75 Å². The molecule has 1 aromatic rings. The Labute approximate surface area is 173 Å². The Morgan fingerprint density at radius 2 is 1.62 bits per heavy atom. The van der Waals surface area contributed by atoms with Crippen LogP contribution >= 0.6 is 22.6 Å². The zero-order valence-electron chi connectivity index (χ0n) is 14.1. The predicted molar refractivity (Wildman–Crippen MR) is 91.8 cm³/mol. The van der Waals surface area contributed by atoms with Gasteiger partial charge in [0.15, 0.2) is 0 Å². The second kappa shape index (κ2) is 8.63. The van der Waals surface area contributed by atoms with Crippen LogP contribution in [0.2, 0.25) is 0 Å². The molecule has 0 amide bonds. The lowest BCUT2D eigenvalue weighted by atomic mass is 10.1. The van der Waals surface area contributed by atoms with E-state index in [9.17, 15) is 44.3 Å². The molecule has 0 atom stereocenters. The summed E-state index contributed by atoms with van der Waals surface area (Å²) in [7, 11) is -5.92. The highest BCUT2D eigenvalue weighted by Crippen LogP contribution is 2.47. The second-order valence-electron chi connectivity index (χ2n) is 5.41. The van der Waals surface area contributed by atoms with Gasteiger partial charge in [-0.3, -0.25) is 9.35 Å². The third kappa shape index (κ3) is 6.18. The molecule has 15 heteroatoms. The van der Waals surface area contributed by atoms with E-state index in [1.165, 1.54) is 6.92 Å². The number of carbonyl (C=O) groups excluding carboxylic acids is 2. The highest BCUT2D eigenvalue weighted by atomic mass is 127. The summed E-state index contributed by atoms with van der Waals surface area (Å²) in [4.78, 5) is 23.6. The first kappa shape index (κ1) is 25.4. The van der Waals surface area contributed by atoms with Gasteiger partial charge in [-0.25, -0.2) is 4.79 Å². The molecule has 0 saturated heterocycles. The quantitative estimate of drug-likeness (QED) is 0.185. The van der Waals surface area contributed by atoms with Crippen molar-refractivity contribution in [2.24, 2.45) is 0 Å². The molecule has 0 heterocycles. The Balaban J connectivity index is 3.56. The van der Waals surface area contributed by atoms with Crippen molar-refractivity contribution >= 4 is 44.6 Å². The minimum absolute atomic E-state index is 0.238. The van der Waals surface area contributed by atoms with Gasteiger partial charge in [-0.05, 0) is 40.8 Å². The highest BCUT2D eigenvalue weighted by Gasteiger charge is 2.76. The van der Waals surface area contributed by atoms with E-state index in [4.69, 9.17) is 9.29 Å². The van der Waals surface area contributed by atoms with E-state index in [1.807, 2.05) is 0 Å². The third-order valence-electron chi connectivity index (χ3n) is 3.24. The van der Waals surface area contributed by atoms with Crippen LogP contribution in [0, 0.1) is 3.57 Å². The lowest BCUT2D eigenvalue weighted by molar-refractivity contribution is -0.356. The zero-order valence-corrected chi connectivity index (χ0v) is 17.1. The summed E-state index contributed by atoms with van der Waals surface area (Å²) in [5.74, 6) is -6.96. The van der Waals surface area contributed by atoms with Crippen molar-refractivity contribution < 1.29 is 58.4 Å². The molecule has 0 bridgehead atoms. The van der Waals surface area contributed by atoms with Crippen molar-refractivity contribution in [1.82, 2.24) is 0 Å². The molecule has 7 nitrogen and oxygen atoms in total. The number of hydrogen-bond acceptors (Lipinski definition) is 6. The fourth-order valence-electron chi connectivity index (χ4n) is 1.88. The molecule has 0 radical (unpaired) electrons. The summed E-state index contributed by atoms with van der Waals surface area (Å²) in [6.45, 7) is 1.33. The molecule has 0 aliphatic heterocycles. The number of ether oxygens (including phenoxy) is 2. The van der Waals surface area contributed by atoms with Crippen LogP contribution in [0.1, 0.15) is 23.7 Å². The average molecular weight is 564 g/mol. The van der Waals surface area contributed by atoms with E-state index >= 15 is 0 Å². The van der Waals surface area contributed by atoms with Crippen LogP contribution in [0.3, 0.4) is 0 Å². The van der Waals surface area contributed by atoms with Crippen molar-refractivity contribution in [3.8, 4) is 5.75 Å². The van der Waals surface area contributed by atoms with Crippen LogP contribution < -0.4 is 4.74 Å². The van der Waals surface area contributed by atoms with Crippen molar-refractivity contribution in [2.75, 3.05) is 5.75 Å². The highest BCUT2D eigenvalue weighted by molar-refractivity contribution is 14.1. The molecule has 0 aliphatic rings. The summed E-state index contributed by atoms with van der Waals surface area (Å²) in [6.07, 6.45) is -13.2. The van der Waals surface area contributed by atoms with Crippen molar-refractivity contribution in [3.63, 3.8) is 0 Å². The number of halogens is 7. The Morgan fingerprint density at radius 1 is 1.10 bits per heavy atom. The topological polar surface area (TPSA) is 107 Å². The number of hydrogen-bond donors (Lipinski definition) is 1. The van der Waals surface area contributed by atoms with Gasteiger partial charge in [0.2, 0.25) is 0 Å². The maximum absolute atomic E-state index is 13.2. The van der Waals surface area contributed by atoms with Gasteiger partial charge in [0.05, 0.1) is 0 Å². The summed E-state index contributed by atoms with van der Waals surface area (Å²) in [5, 5.41) is 0. The second-order valence-corrected chi connectivity index (χ2v) is 8.10. The average Bonchev–Trinajstić information content (AvgIpc) is 2.50. The molecule has 1 N–H and O–H groups in total. The minimum Gasteiger partial charge on any atom is -0.434 e. The number of carbonyl (C=O) groups is 2. The molecule has 1 rings (SSSR count). The van der Waals surface area contributed by atoms with Gasteiger partial charge >= 0.3 is 29.9 Å². The van der Waals surface area contributed by atoms with Crippen LogP contribution in [0.4, 0.5) is 26.3 Å². The summed E-state index contributed by atoms with van der Waals surface area (Å²) in [6, 6.07) is 2.79. The summed E-state index contributed by atoms with van der Waals surface area (Å²) >= 11 is 1.66. The van der Waals surface area contributed by atoms with E-state index < -0.39 is 57.1 Å².